The van der Waals surface area contributed by atoms with Crippen molar-refractivity contribution < 1.29 is 13.2 Å². The summed E-state index contributed by atoms with van der Waals surface area (Å²) in [4.78, 5) is 12.0. The van der Waals surface area contributed by atoms with E-state index in [1.807, 2.05) is 13.8 Å². The standard InChI is InChI=1S/C19H24N4O3S/c1-12(13-4-5-13)23-17(8-9-20-23)22-27(25,26)14-6-7-16-15(10-14)19(2,3)11-18(24)21-16/h6-10,12-13,22H,4-5,11H2,1-3H3,(H,21,24). The summed E-state index contributed by atoms with van der Waals surface area (Å²) in [5, 5.41) is 7.11. The molecule has 2 aromatic rings. The average molecular weight is 388 g/mol. The number of carbonyl (C=O) groups is 1. The number of amides is 1. The molecule has 7 nitrogen and oxygen atoms in total. The molecule has 144 valence electrons. The van der Waals surface area contributed by atoms with Gasteiger partial charge in [0.2, 0.25) is 5.91 Å². The number of rotatable bonds is 5. The maximum Gasteiger partial charge on any atom is 0.263 e. The average Bonchev–Trinajstić information content (AvgIpc) is 3.33. The van der Waals surface area contributed by atoms with E-state index in [9.17, 15) is 13.2 Å². The second-order valence-corrected chi connectivity index (χ2v) is 9.84. The zero-order valence-corrected chi connectivity index (χ0v) is 16.5. The molecule has 2 heterocycles. The van der Waals surface area contributed by atoms with Crippen LogP contribution in [-0.2, 0) is 20.2 Å². The van der Waals surface area contributed by atoms with Gasteiger partial charge in [-0.25, -0.2) is 13.1 Å². The smallest absolute Gasteiger partial charge is 0.263 e. The van der Waals surface area contributed by atoms with Crippen LogP contribution in [0.5, 0.6) is 0 Å². The molecule has 1 aromatic heterocycles. The van der Waals surface area contributed by atoms with Crippen molar-refractivity contribution in [2.45, 2.75) is 56.4 Å². The summed E-state index contributed by atoms with van der Waals surface area (Å²) in [6.45, 7) is 5.95. The minimum absolute atomic E-state index is 0.0563. The number of benzene rings is 1. The van der Waals surface area contributed by atoms with Crippen molar-refractivity contribution in [1.29, 1.82) is 0 Å². The quantitative estimate of drug-likeness (QED) is 0.822. The summed E-state index contributed by atoms with van der Waals surface area (Å²) in [6.07, 6.45) is 4.24. The van der Waals surface area contributed by atoms with E-state index in [0.717, 1.165) is 18.4 Å². The van der Waals surface area contributed by atoms with Crippen molar-refractivity contribution in [3.8, 4) is 0 Å². The minimum Gasteiger partial charge on any atom is -0.326 e. The zero-order chi connectivity index (χ0) is 19.4. The Bertz CT molecular complexity index is 1010. The molecule has 1 aliphatic heterocycles. The van der Waals surface area contributed by atoms with E-state index >= 15 is 0 Å². The van der Waals surface area contributed by atoms with Gasteiger partial charge in [-0.1, -0.05) is 13.8 Å². The summed E-state index contributed by atoms with van der Waals surface area (Å²) >= 11 is 0. The molecular formula is C19H24N4O3S. The first kappa shape index (κ1) is 18.0. The topological polar surface area (TPSA) is 93.1 Å². The molecule has 4 rings (SSSR count). The highest BCUT2D eigenvalue weighted by atomic mass is 32.2. The second-order valence-electron chi connectivity index (χ2n) is 8.16. The highest BCUT2D eigenvalue weighted by Crippen LogP contribution is 2.41. The Morgan fingerprint density at radius 1 is 1.30 bits per heavy atom. The molecule has 1 aliphatic carbocycles. The molecule has 1 unspecified atom stereocenters. The van der Waals surface area contributed by atoms with Crippen LogP contribution in [0.15, 0.2) is 35.4 Å². The largest absolute Gasteiger partial charge is 0.326 e. The molecule has 2 N–H and O–H groups in total. The van der Waals surface area contributed by atoms with Gasteiger partial charge < -0.3 is 5.32 Å². The highest BCUT2D eigenvalue weighted by Gasteiger charge is 2.34. The predicted octanol–water partition coefficient (Wildman–Crippen LogP) is 3.27. The van der Waals surface area contributed by atoms with E-state index < -0.39 is 15.4 Å². The van der Waals surface area contributed by atoms with E-state index in [4.69, 9.17) is 0 Å². The van der Waals surface area contributed by atoms with Gasteiger partial charge in [0.15, 0.2) is 0 Å². The monoisotopic (exact) mass is 388 g/mol. The Morgan fingerprint density at radius 3 is 2.74 bits per heavy atom. The van der Waals surface area contributed by atoms with Crippen LogP contribution in [0.1, 0.15) is 51.6 Å². The van der Waals surface area contributed by atoms with E-state index in [2.05, 4.69) is 22.1 Å². The van der Waals surface area contributed by atoms with Gasteiger partial charge in [0.1, 0.15) is 5.82 Å². The van der Waals surface area contributed by atoms with Crippen molar-refractivity contribution in [2.24, 2.45) is 5.92 Å². The van der Waals surface area contributed by atoms with Gasteiger partial charge in [0.25, 0.3) is 10.0 Å². The zero-order valence-electron chi connectivity index (χ0n) is 15.7. The maximum atomic E-state index is 13.0. The number of nitrogens with zero attached hydrogens (tertiary/aromatic N) is 2. The summed E-state index contributed by atoms with van der Waals surface area (Å²) in [7, 11) is -3.77. The van der Waals surface area contributed by atoms with Crippen molar-refractivity contribution in [1.82, 2.24) is 9.78 Å². The third-order valence-corrected chi connectivity index (χ3v) is 6.86. The Hall–Kier alpha value is -2.35. The highest BCUT2D eigenvalue weighted by molar-refractivity contribution is 7.92. The van der Waals surface area contributed by atoms with Crippen LogP contribution in [0.3, 0.4) is 0 Å². The Balaban J connectivity index is 1.66. The summed E-state index contributed by atoms with van der Waals surface area (Å²) in [5.41, 5.74) is 1.07. The fraction of sp³-hybridized carbons (Fsp3) is 0.474. The minimum atomic E-state index is -3.77. The molecule has 8 heteroatoms. The van der Waals surface area contributed by atoms with Crippen LogP contribution < -0.4 is 10.0 Å². The number of fused-ring (bicyclic) bond motifs is 1. The summed E-state index contributed by atoms with van der Waals surface area (Å²) in [6, 6.07) is 6.68. The van der Waals surface area contributed by atoms with Crippen molar-refractivity contribution >= 4 is 27.4 Å². The van der Waals surface area contributed by atoms with E-state index in [1.54, 1.807) is 29.1 Å². The van der Waals surface area contributed by atoms with Crippen molar-refractivity contribution in [3.63, 3.8) is 0 Å². The number of sulfonamides is 1. The molecule has 1 aromatic carbocycles. The van der Waals surface area contributed by atoms with Gasteiger partial charge in [-0.15, -0.1) is 0 Å². The molecule has 0 saturated heterocycles. The SMILES string of the molecule is CC(C1CC1)n1nccc1NS(=O)(=O)c1ccc2c(c1)C(C)(C)CC(=O)N2. The van der Waals surface area contributed by atoms with Crippen LogP contribution in [-0.4, -0.2) is 24.1 Å². The van der Waals surface area contributed by atoms with Crippen LogP contribution in [0, 0.1) is 5.92 Å². The molecule has 27 heavy (non-hydrogen) atoms. The van der Waals surface area contributed by atoms with Gasteiger partial charge >= 0.3 is 0 Å². The third kappa shape index (κ3) is 3.34. The first-order valence-corrected chi connectivity index (χ1v) is 10.7. The molecule has 2 aliphatic rings. The van der Waals surface area contributed by atoms with Gasteiger partial charge in [0, 0.05) is 23.6 Å². The van der Waals surface area contributed by atoms with Crippen LogP contribution in [0.2, 0.25) is 0 Å². The van der Waals surface area contributed by atoms with Crippen molar-refractivity contribution in [2.75, 3.05) is 10.0 Å². The number of nitrogens with one attached hydrogen (secondary N) is 2. The molecular weight excluding hydrogens is 364 g/mol. The van der Waals surface area contributed by atoms with Crippen LogP contribution in [0.25, 0.3) is 0 Å². The Labute approximate surface area is 159 Å². The first-order valence-electron chi connectivity index (χ1n) is 9.18. The second kappa shape index (κ2) is 6.09. The molecule has 1 amide bonds. The van der Waals surface area contributed by atoms with Gasteiger partial charge in [-0.2, -0.15) is 5.10 Å². The third-order valence-electron chi connectivity index (χ3n) is 5.51. The summed E-state index contributed by atoms with van der Waals surface area (Å²) < 4.78 is 30.4. The van der Waals surface area contributed by atoms with Gasteiger partial charge in [-0.05, 0) is 49.4 Å². The lowest BCUT2D eigenvalue weighted by Crippen LogP contribution is -2.32. The predicted molar refractivity (Wildman–Crippen MR) is 103 cm³/mol. The number of hydrogen-bond donors (Lipinski definition) is 2. The Morgan fingerprint density at radius 2 is 2.04 bits per heavy atom. The molecule has 0 bridgehead atoms. The number of aromatic nitrogens is 2. The Kier molecular flexibility index (Phi) is 4.06. The number of anilines is 2. The van der Waals surface area contributed by atoms with E-state index in [0.29, 0.717) is 23.8 Å². The van der Waals surface area contributed by atoms with E-state index in [-0.39, 0.29) is 16.8 Å². The van der Waals surface area contributed by atoms with Crippen LogP contribution in [0.4, 0.5) is 11.5 Å². The molecule has 1 fully saturated rings. The lowest BCUT2D eigenvalue weighted by Gasteiger charge is -2.32. The number of hydrogen-bond acceptors (Lipinski definition) is 4. The van der Waals surface area contributed by atoms with Gasteiger partial charge in [-0.3, -0.25) is 9.52 Å². The van der Waals surface area contributed by atoms with E-state index in [1.165, 1.54) is 6.07 Å². The van der Waals surface area contributed by atoms with Crippen molar-refractivity contribution in [3.05, 3.63) is 36.0 Å². The fourth-order valence-corrected chi connectivity index (χ4v) is 4.82. The lowest BCUT2D eigenvalue weighted by molar-refractivity contribution is -0.117. The first-order chi connectivity index (χ1) is 12.7. The fourth-order valence-electron chi connectivity index (χ4n) is 3.75. The van der Waals surface area contributed by atoms with Gasteiger partial charge in [0.05, 0.1) is 17.1 Å². The maximum absolute atomic E-state index is 13.0. The summed E-state index contributed by atoms with van der Waals surface area (Å²) in [5.74, 6) is 0.972. The van der Waals surface area contributed by atoms with Crippen LogP contribution >= 0.6 is 0 Å². The molecule has 0 radical (unpaired) electrons. The molecule has 1 saturated carbocycles. The normalized spacial score (nSPS) is 19.9. The molecule has 1 atom stereocenters. The number of carbonyl (C=O) groups excluding carboxylic acids is 1. The molecule has 0 spiro atoms. The lowest BCUT2D eigenvalue weighted by atomic mass is 9.78.